The Hall–Kier alpha value is -3.70. The number of amides is 1. The number of hydrogen-bond donors (Lipinski definition) is 0. The molecule has 0 aromatic heterocycles. The van der Waals surface area contributed by atoms with Crippen molar-refractivity contribution in [1.29, 1.82) is 0 Å². The molecule has 4 heteroatoms. The Balaban J connectivity index is 2.55. The molecule has 164 valence electrons. The van der Waals surface area contributed by atoms with E-state index in [1.54, 1.807) is 0 Å². The van der Waals surface area contributed by atoms with E-state index in [1.165, 1.54) is 49.8 Å². The van der Waals surface area contributed by atoms with Crippen molar-refractivity contribution in [2.45, 2.75) is 89.7 Å². The molecule has 0 saturated carbocycles. The largest absolute Gasteiger partial charge is 0.462 e. The number of hydrogen-bond acceptors (Lipinski definition) is 3. The zero-order valence-corrected chi connectivity index (χ0v) is 18.8. The van der Waals surface area contributed by atoms with Crippen LogP contribution in [0, 0.1) is 71.7 Å². The summed E-state index contributed by atoms with van der Waals surface area (Å²) in [6.45, 7) is 2.63. The third kappa shape index (κ3) is 11.5. The van der Waals surface area contributed by atoms with Crippen LogP contribution in [-0.4, -0.2) is 29.4 Å². The average molecular weight is 428 g/mol. The van der Waals surface area contributed by atoms with E-state index < -0.39 is 6.10 Å². The Morgan fingerprint density at radius 2 is 1.41 bits per heavy atom. The van der Waals surface area contributed by atoms with E-state index in [0.717, 1.165) is 19.3 Å². The SMILES string of the molecule is C#CC#CC#CC#CC#CC#CN1C(=O)C[C@H](OC=O)[C@H]1CCCCCCCCCCC. The predicted molar refractivity (Wildman–Crippen MR) is 126 cm³/mol. The van der Waals surface area contributed by atoms with Gasteiger partial charge in [-0.2, -0.15) is 0 Å². The maximum Gasteiger partial charge on any atom is 0.293 e. The molecule has 0 N–H and O–H groups in total. The summed E-state index contributed by atoms with van der Waals surface area (Å²) < 4.78 is 5.14. The Bertz CT molecular complexity index is 961. The Morgan fingerprint density at radius 1 is 0.875 bits per heavy atom. The molecule has 0 spiro atoms. The number of likely N-dealkylation sites (tertiary alicyclic amines) is 1. The second kappa shape index (κ2) is 18.1. The van der Waals surface area contributed by atoms with E-state index in [2.05, 4.69) is 72.2 Å². The van der Waals surface area contributed by atoms with Gasteiger partial charge in [0.25, 0.3) is 6.47 Å². The fourth-order valence-electron chi connectivity index (χ4n) is 3.44. The van der Waals surface area contributed by atoms with Crippen molar-refractivity contribution in [1.82, 2.24) is 4.90 Å². The highest BCUT2D eigenvalue weighted by Crippen LogP contribution is 2.26. The van der Waals surface area contributed by atoms with Gasteiger partial charge in [0.2, 0.25) is 5.91 Å². The van der Waals surface area contributed by atoms with Crippen molar-refractivity contribution in [2.75, 3.05) is 0 Å². The molecule has 1 amide bonds. The van der Waals surface area contributed by atoms with Crippen LogP contribution in [0.3, 0.4) is 0 Å². The van der Waals surface area contributed by atoms with E-state index in [9.17, 15) is 9.59 Å². The highest BCUT2D eigenvalue weighted by molar-refractivity contribution is 5.82. The van der Waals surface area contributed by atoms with E-state index in [-0.39, 0.29) is 18.4 Å². The van der Waals surface area contributed by atoms with Gasteiger partial charge in [0.15, 0.2) is 0 Å². The molecule has 32 heavy (non-hydrogen) atoms. The molecule has 4 nitrogen and oxygen atoms in total. The van der Waals surface area contributed by atoms with Gasteiger partial charge >= 0.3 is 0 Å². The van der Waals surface area contributed by atoms with Crippen molar-refractivity contribution in [3.63, 3.8) is 0 Å². The summed E-state index contributed by atoms with van der Waals surface area (Å²) in [5.74, 6) is 24.5. The number of rotatable bonds is 12. The summed E-state index contributed by atoms with van der Waals surface area (Å²) in [4.78, 5) is 24.6. The summed E-state index contributed by atoms with van der Waals surface area (Å²) in [5.41, 5.74) is 0. The molecule has 1 rings (SSSR count). The third-order valence-electron chi connectivity index (χ3n) is 4.99. The van der Waals surface area contributed by atoms with E-state index in [1.807, 2.05) is 0 Å². The quantitative estimate of drug-likeness (QED) is 0.271. The third-order valence-corrected chi connectivity index (χ3v) is 4.99. The molecular weight excluding hydrogens is 398 g/mol. The molecule has 1 aliphatic heterocycles. The van der Waals surface area contributed by atoms with Gasteiger partial charge in [-0.05, 0) is 36.0 Å². The van der Waals surface area contributed by atoms with Crippen LogP contribution in [0.1, 0.15) is 77.6 Å². The van der Waals surface area contributed by atoms with Gasteiger partial charge in [-0.25, -0.2) is 0 Å². The van der Waals surface area contributed by atoms with Crippen molar-refractivity contribution in [2.24, 2.45) is 0 Å². The van der Waals surface area contributed by atoms with Gasteiger partial charge in [-0.3, -0.25) is 14.5 Å². The molecule has 1 saturated heterocycles. The Kier molecular flexibility index (Phi) is 14.9. The summed E-state index contributed by atoms with van der Waals surface area (Å²) in [6.07, 6.45) is 16.4. The minimum atomic E-state index is -0.463. The fourth-order valence-corrected chi connectivity index (χ4v) is 3.44. The molecule has 2 atom stereocenters. The minimum absolute atomic E-state index is 0.150. The molecule has 0 aliphatic carbocycles. The minimum Gasteiger partial charge on any atom is -0.462 e. The molecule has 0 unspecified atom stereocenters. The highest BCUT2D eigenvalue weighted by atomic mass is 16.5. The lowest BCUT2D eigenvalue weighted by Gasteiger charge is -2.22. The lowest BCUT2D eigenvalue weighted by atomic mass is 10.0. The summed E-state index contributed by atoms with van der Waals surface area (Å²) in [7, 11) is 0. The second-order valence-electron chi connectivity index (χ2n) is 7.30. The molecule has 0 aromatic carbocycles. The molecule has 1 aliphatic rings. The van der Waals surface area contributed by atoms with E-state index >= 15 is 0 Å². The average Bonchev–Trinajstić information content (AvgIpc) is 3.08. The number of carbonyl (C=O) groups excluding carboxylic acids is 2. The van der Waals surface area contributed by atoms with Gasteiger partial charge in [0.1, 0.15) is 6.10 Å². The Labute approximate surface area is 193 Å². The van der Waals surface area contributed by atoms with Gasteiger partial charge < -0.3 is 4.74 Å². The molecule has 1 fully saturated rings. The van der Waals surface area contributed by atoms with Crippen LogP contribution in [0.2, 0.25) is 0 Å². The van der Waals surface area contributed by atoms with E-state index in [4.69, 9.17) is 11.2 Å². The smallest absolute Gasteiger partial charge is 0.293 e. The molecule has 0 bridgehead atoms. The van der Waals surface area contributed by atoms with Crippen LogP contribution < -0.4 is 0 Å². The van der Waals surface area contributed by atoms with Gasteiger partial charge in [0.05, 0.1) is 12.5 Å². The topological polar surface area (TPSA) is 46.6 Å². The van der Waals surface area contributed by atoms with Crippen LogP contribution >= 0.6 is 0 Å². The van der Waals surface area contributed by atoms with Crippen LogP contribution in [0.15, 0.2) is 0 Å². The first-order valence-corrected chi connectivity index (χ1v) is 11.1. The second-order valence-corrected chi connectivity index (χ2v) is 7.30. The maximum absolute atomic E-state index is 12.3. The first kappa shape index (κ1) is 26.3. The van der Waals surface area contributed by atoms with Crippen LogP contribution in [0.5, 0.6) is 0 Å². The summed E-state index contributed by atoms with van der Waals surface area (Å²) in [6, 6.07) is 2.55. The normalized spacial score (nSPS) is 15.6. The monoisotopic (exact) mass is 427 g/mol. The standard InChI is InChI=1S/C28H29NO3/c1-3-5-7-9-11-13-15-17-19-21-23-29-26(27(32-25-30)24-28(29)31)22-20-18-16-14-12-10-8-6-4-2/h1,25-27H,4,6,8,10,12,14,16,18,20,22,24H2,2H3/t26-,27+/m1/s1. The first-order valence-electron chi connectivity index (χ1n) is 11.1. The molecular formula is C28H29NO3. The molecule has 0 radical (unpaired) electrons. The fraction of sp³-hybridized carbons (Fsp3) is 0.500. The van der Waals surface area contributed by atoms with Crippen molar-refractivity contribution < 1.29 is 14.3 Å². The lowest BCUT2D eigenvalue weighted by Crippen LogP contribution is -2.34. The number of carbonyl (C=O) groups is 2. The lowest BCUT2D eigenvalue weighted by molar-refractivity contribution is -0.134. The molecule has 0 aromatic rings. The molecule has 1 heterocycles. The van der Waals surface area contributed by atoms with Crippen LogP contribution in [-0.2, 0) is 14.3 Å². The van der Waals surface area contributed by atoms with Crippen molar-refractivity contribution in [3.8, 4) is 71.7 Å². The van der Waals surface area contributed by atoms with Gasteiger partial charge in [0, 0.05) is 35.6 Å². The van der Waals surface area contributed by atoms with Gasteiger partial charge in [-0.1, -0.05) is 64.7 Å². The van der Waals surface area contributed by atoms with Crippen molar-refractivity contribution in [3.05, 3.63) is 0 Å². The number of terminal acetylenes is 1. The van der Waals surface area contributed by atoms with Crippen molar-refractivity contribution >= 4 is 12.4 Å². The number of nitrogens with zero attached hydrogens (tertiary/aromatic N) is 1. The zero-order valence-electron chi connectivity index (χ0n) is 18.8. The zero-order chi connectivity index (χ0) is 23.3. The number of unbranched alkanes of at least 4 members (excludes halogenated alkanes) is 8. The van der Waals surface area contributed by atoms with E-state index in [0.29, 0.717) is 6.47 Å². The van der Waals surface area contributed by atoms with Crippen LogP contribution in [0.25, 0.3) is 0 Å². The maximum atomic E-state index is 12.3. The highest BCUT2D eigenvalue weighted by Gasteiger charge is 2.40. The Morgan fingerprint density at radius 3 is 1.97 bits per heavy atom. The summed E-state index contributed by atoms with van der Waals surface area (Å²) in [5, 5.41) is 0. The predicted octanol–water partition coefficient (Wildman–Crippen LogP) is 3.66. The number of ether oxygens (including phenoxy) is 1. The summed E-state index contributed by atoms with van der Waals surface area (Å²) >= 11 is 0. The van der Waals surface area contributed by atoms with Gasteiger partial charge in [-0.15, -0.1) is 6.42 Å². The first-order chi connectivity index (χ1) is 15.7. The van der Waals surface area contributed by atoms with Crippen LogP contribution in [0.4, 0.5) is 0 Å².